The van der Waals surface area contributed by atoms with Crippen LogP contribution in [0.5, 0.6) is 5.75 Å². The molecule has 3 aromatic rings. The summed E-state index contributed by atoms with van der Waals surface area (Å²) in [6.07, 6.45) is 2.24. The molecule has 0 atom stereocenters. The number of aryl methyl sites for hydroxylation is 2. The Balaban J connectivity index is 1.91. The first-order chi connectivity index (χ1) is 15.7. The van der Waals surface area contributed by atoms with E-state index in [-0.39, 0.29) is 5.57 Å². The molecule has 6 heteroatoms. The van der Waals surface area contributed by atoms with Crippen molar-refractivity contribution in [2.24, 2.45) is 0 Å². The fourth-order valence-corrected chi connectivity index (χ4v) is 4.47. The highest BCUT2D eigenvalue weighted by Crippen LogP contribution is 2.32. The number of methoxy groups -OCH3 is 1. The number of carbonyl (C=O) groups is 1. The minimum atomic E-state index is -0.503. The van der Waals surface area contributed by atoms with Gasteiger partial charge >= 0.3 is 0 Å². The summed E-state index contributed by atoms with van der Waals surface area (Å²) in [6.45, 7) is 5.97. The third-order valence-corrected chi connectivity index (χ3v) is 6.37. The number of anilines is 1. The van der Waals surface area contributed by atoms with Gasteiger partial charge in [-0.2, -0.15) is 5.26 Å². The van der Waals surface area contributed by atoms with Crippen molar-refractivity contribution in [1.29, 1.82) is 5.26 Å². The first-order valence-corrected chi connectivity index (χ1v) is 11.5. The van der Waals surface area contributed by atoms with Gasteiger partial charge in [0.2, 0.25) is 0 Å². The number of nitriles is 1. The molecule has 0 aliphatic heterocycles. The van der Waals surface area contributed by atoms with Crippen molar-refractivity contribution in [2.45, 2.75) is 27.2 Å². The Morgan fingerprint density at radius 2 is 1.85 bits per heavy atom. The van der Waals surface area contributed by atoms with E-state index in [1.807, 2.05) is 25.1 Å². The highest BCUT2D eigenvalue weighted by Gasteiger charge is 2.15. The van der Waals surface area contributed by atoms with E-state index in [9.17, 15) is 10.1 Å². The number of rotatable bonds is 6. The van der Waals surface area contributed by atoms with Gasteiger partial charge in [-0.1, -0.05) is 62.9 Å². The monoisotopic (exact) mass is 522 g/mol. The average molecular weight is 524 g/mol. The van der Waals surface area contributed by atoms with E-state index in [0.29, 0.717) is 28.4 Å². The number of amides is 1. The van der Waals surface area contributed by atoms with Crippen LogP contribution in [0.4, 0.5) is 5.69 Å². The van der Waals surface area contributed by atoms with Crippen molar-refractivity contribution in [1.82, 2.24) is 0 Å². The fraction of sp³-hybridized carbons (Fsp3) is 0.185. The van der Waals surface area contributed by atoms with Crippen molar-refractivity contribution in [3.8, 4) is 11.8 Å². The van der Waals surface area contributed by atoms with Gasteiger partial charge in [0.25, 0.3) is 5.91 Å². The Hall–Kier alpha value is -3.07. The molecule has 0 bridgehead atoms. The van der Waals surface area contributed by atoms with E-state index >= 15 is 0 Å². The molecule has 33 heavy (non-hydrogen) atoms. The lowest BCUT2D eigenvalue weighted by Crippen LogP contribution is -2.14. The largest absolute Gasteiger partial charge is 0.496 e. The summed E-state index contributed by atoms with van der Waals surface area (Å²) in [7, 11) is 1.61. The lowest BCUT2D eigenvalue weighted by atomic mass is 9.98. The lowest BCUT2D eigenvalue weighted by Gasteiger charge is -2.14. The zero-order chi connectivity index (χ0) is 24.1. The van der Waals surface area contributed by atoms with Crippen LogP contribution in [0.3, 0.4) is 0 Å². The number of hydrogen-bond acceptors (Lipinski definition) is 3. The zero-order valence-corrected chi connectivity index (χ0v) is 21.3. The van der Waals surface area contributed by atoms with Gasteiger partial charge in [0, 0.05) is 27.2 Å². The molecule has 4 nitrogen and oxygen atoms in total. The topological polar surface area (TPSA) is 62.1 Å². The van der Waals surface area contributed by atoms with Crippen LogP contribution in [0.15, 0.2) is 58.6 Å². The predicted octanol–water partition coefficient (Wildman–Crippen LogP) is 7.17. The van der Waals surface area contributed by atoms with Crippen LogP contribution in [-0.2, 0) is 11.2 Å². The molecule has 0 aromatic heterocycles. The van der Waals surface area contributed by atoms with Gasteiger partial charge < -0.3 is 10.1 Å². The molecule has 3 rings (SSSR count). The summed E-state index contributed by atoms with van der Waals surface area (Å²) in [5, 5.41) is 12.9. The minimum absolute atomic E-state index is 0.0228. The molecule has 0 heterocycles. The Bertz CT molecular complexity index is 1270. The molecule has 1 N–H and O–H groups in total. The molecule has 0 aliphatic carbocycles. The van der Waals surface area contributed by atoms with Crippen LogP contribution < -0.4 is 10.1 Å². The molecule has 1 amide bonds. The van der Waals surface area contributed by atoms with Gasteiger partial charge in [0.15, 0.2) is 0 Å². The van der Waals surface area contributed by atoms with E-state index in [0.717, 1.165) is 15.6 Å². The van der Waals surface area contributed by atoms with Gasteiger partial charge in [-0.3, -0.25) is 4.79 Å². The molecule has 0 saturated carbocycles. The van der Waals surface area contributed by atoms with Crippen molar-refractivity contribution in [2.75, 3.05) is 12.4 Å². The first kappa shape index (κ1) is 24.6. The third-order valence-electron chi connectivity index (χ3n) is 5.25. The standard InChI is InChI=1S/C27H24BrClN2O2/c1-16-8-17(2)10-19(9-16)12-22-23(28)13-20(14-26(22)33-4)11-21(15-30)27(32)31-25-7-5-6-24(29)18(25)3/h5-11,13-14H,12H2,1-4H3,(H,31,32)/b21-11+. The molecule has 0 aliphatic rings. The Labute approximate surface area is 208 Å². The van der Waals surface area contributed by atoms with Crippen LogP contribution in [-0.4, -0.2) is 13.0 Å². The smallest absolute Gasteiger partial charge is 0.266 e. The number of nitrogens with zero attached hydrogens (tertiary/aromatic N) is 1. The zero-order valence-electron chi connectivity index (χ0n) is 18.9. The van der Waals surface area contributed by atoms with Gasteiger partial charge in [-0.05, 0) is 67.8 Å². The predicted molar refractivity (Wildman–Crippen MR) is 138 cm³/mol. The first-order valence-electron chi connectivity index (χ1n) is 10.3. The molecular weight excluding hydrogens is 500 g/mol. The third kappa shape index (κ3) is 6.04. The average Bonchev–Trinajstić information content (AvgIpc) is 2.76. The Morgan fingerprint density at radius 1 is 1.15 bits per heavy atom. The maximum Gasteiger partial charge on any atom is 0.266 e. The van der Waals surface area contributed by atoms with E-state index in [2.05, 4.69) is 53.3 Å². The van der Waals surface area contributed by atoms with Crippen LogP contribution in [0.2, 0.25) is 5.02 Å². The summed E-state index contributed by atoms with van der Waals surface area (Å²) in [5.41, 5.74) is 6.56. The van der Waals surface area contributed by atoms with Gasteiger partial charge in [0.1, 0.15) is 17.4 Å². The van der Waals surface area contributed by atoms with E-state index in [1.165, 1.54) is 16.7 Å². The van der Waals surface area contributed by atoms with Gasteiger partial charge in [-0.15, -0.1) is 0 Å². The minimum Gasteiger partial charge on any atom is -0.496 e. The Kier molecular flexibility index (Phi) is 7.97. The van der Waals surface area contributed by atoms with E-state index < -0.39 is 5.91 Å². The summed E-state index contributed by atoms with van der Waals surface area (Å²) >= 11 is 9.78. The number of benzene rings is 3. The maximum absolute atomic E-state index is 12.7. The van der Waals surface area contributed by atoms with Crippen LogP contribution in [0.25, 0.3) is 6.08 Å². The summed E-state index contributed by atoms with van der Waals surface area (Å²) in [4.78, 5) is 12.7. The van der Waals surface area contributed by atoms with Crippen molar-refractivity contribution in [3.05, 3.63) is 97.0 Å². The van der Waals surface area contributed by atoms with Crippen LogP contribution >= 0.6 is 27.5 Å². The summed E-state index contributed by atoms with van der Waals surface area (Å²) in [6, 6.07) is 17.4. The summed E-state index contributed by atoms with van der Waals surface area (Å²) < 4.78 is 6.49. The lowest BCUT2D eigenvalue weighted by molar-refractivity contribution is -0.112. The molecule has 0 unspecified atom stereocenters. The Morgan fingerprint density at radius 3 is 2.48 bits per heavy atom. The SMILES string of the molecule is COc1cc(/C=C(\C#N)C(=O)Nc2cccc(Cl)c2C)cc(Br)c1Cc1cc(C)cc(C)c1. The molecular formula is C27H24BrClN2O2. The molecule has 0 spiro atoms. The van der Waals surface area contributed by atoms with Crippen molar-refractivity contribution in [3.63, 3.8) is 0 Å². The summed E-state index contributed by atoms with van der Waals surface area (Å²) in [5.74, 6) is 0.176. The highest BCUT2D eigenvalue weighted by atomic mass is 79.9. The number of halogens is 2. The van der Waals surface area contributed by atoms with Gasteiger partial charge in [0.05, 0.1) is 7.11 Å². The molecule has 0 saturated heterocycles. The molecule has 0 radical (unpaired) electrons. The molecule has 0 fully saturated rings. The maximum atomic E-state index is 12.7. The second-order valence-electron chi connectivity index (χ2n) is 7.89. The number of hydrogen-bond donors (Lipinski definition) is 1. The van der Waals surface area contributed by atoms with Gasteiger partial charge in [-0.25, -0.2) is 0 Å². The van der Waals surface area contributed by atoms with Crippen molar-refractivity contribution >= 4 is 45.2 Å². The molecule has 3 aromatic carbocycles. The fourth-order valence-electron chi connectivity index (χ4n) is 3.69. The van der Waals surface area contributed by atoms with Crippen LogP contribution in [0.1, 0.15) is 33.4 Å². The highest BCUT2D eigenvalue weighted by molar-refractivity contribution is 9.10. The molecule has 168 valence electrons. The number of carbonyl (C=O) groups excluding carboxylic acids is 1. The quantitative estimate of drug-likeness (QED) is 0.275. The van der Waals surface area contributed by atoms with Crippen molar-refractivity contribution < 1.29 is 9.53 Å². The second kappa shape index (κ2) is 10.7. The normalized spacial score (nSPS) is 11.1. The second-order valence-corrected chi connectivity index (χ2v) is 9.15. The van der Waals surface area contributed by atoms with E-state index in [1.54, 1.807) is 31.4 Å². The van der Waals surface area contributed by atoms with Crippen LogP contribution in [0, 0.1) is 32.1 Å². The number of ether oxygens (including phenoxy) is 1. The van der Waals surface area contributed by atoms with E-state index in [4.69, 9.17) is 16.3 Å². The number of nitrogens with one attached hydrogen (secondary N) is 1.